The largest absolute Gasteiger partial charge is 0.350 e. The Hall–Kier alpha value is -2.14. The third kappa shape index (κ3) is 3.93. The maximum Gasteiger partial charge on any atom is 0.255 e. The van der Waals surface area contributed by atoms with Gasteiger partial charge >= 0.3 is 0 Å². The summed E-state index contributed by atoms with van der Waals surface area (Å²) in [5.74, 6) is -0.0268. The Labute approximate surface area is 150 Å². The maximum atomic E-state index is 12.7. The predicted octanol–water partition coefficient (Wildman–Crippen LogP) is 2.99. The molecule has 2 aromatic rings. The number of hydrogen-bond donors (Lipinski definition) is 1. The van der Waals surface area contributed by atoms with E-state index in [9.17, 15) is 4.79 Å². The third-order valence-electron chi connectivity index (χ3n) is 5.21. The molecule has 0 aliphatic carbocycles. The highest BCUT2D eigenvalue weighted by molar-refractivity contribution is 5.96. The second kappa shape index (κ2) is 7.83. The van der Waals surface area contributed by atoms with Crippen molar-refractivity contribution >= 4 is 5.91 Å². The summed E-state index contributed by atoms with van der Waals surface area (Å²) in [5, 5.41) is 7.51. The van der Waals surface area contributed by atoms with Crippen LogP contribution in [-0.2, 0) is 7.05 Å². The van der Waals surface area contributed by atoms with Crippen LogP contribution in [0.25, 0.3) is 0 Å². The standard InChI is InChI=1S/C20H28N4O/c1-15-19(16(2)23(3)22-15)20(25)21-14-18(17-10-6-4-7-11-17)24-12-8-5-9-13-24/h4,6-7,10-11,18H,5,8-9,12-14H2,1-3H3,(H,21,25)/t18-/m0/s1. The predicted molar refractivity (Wildman–Crippen MR) is 99.6 cm³/mol. The van der Waals surface area contributed by atoms with Crippen LogP contribution in [-0.4, -0.2) is 40.2 Å². The Kier molecular flexibility index (Phi) is 5.53. The Balaban J connectivity index is 1.75. The summed E-state index contributed by atoms with van der Waals surface area (Å²) >= 11 is 0. The van der Waals surface area contributed by atoms with Gasteiger partial charge in [0.1, 0.15) is 0 Å². The van der Waals surface area contributed by atoms with Crippen LogP contribution in [0.1, 0.15) is 52.6 Å². The normalized spacial score (nSPS) is 16.6. The van der Waals surface area contributed by atoms with Crippen LogP contribution in [0.3, 0.4) is 0 Å². The van der Waals surface area contributed by atoms with Crippen molar-refractivity contribution in [1.82, 2.24) is 20.0 Å². The van der Waals surface area contributed by atoms with Gasteiger partial charge in [0.05, 0.1) is 17.3 Å². The first kappa shape index (κ1) is 17.7. The molecule has 25 heavy (non-hydrogen) atoms. The number of benzene rings is 1. The van der Waals surface area contributed by atoms with Crippen molar-refractivity contribution in [3.05, 3.63) is 52.8 Å². The van der Waals surface area contributed by atoms with E-state index in [2.05, 4.69) is 39.6 Å². The zero-order chi connectivity index (χ0) is 17.8. The summed E-state index contributed by atoms with van der Waals surface area (Å²) in [4.78, 5) is 15.2. The van der Waals surface area contributed by atoms with Gasteiger partial charge in [-0.15, -0.1) is 0 Å². The number of aryl methyl sites for hydroxylation is 2. The molecule has 0 radical (unpaired) electrons. The number of carbonyl (C=O) groups excluding carboxylic acids is 1. The van der Waals surface area contributed by atoms with E-state index < -0.39 is 0 Å². The first-order valence-corrected chi connectivity index (χ1v) is 9.15. The first-order chi connectivity index (χ1) is 12.1. The van der Waals surface area contributed by atoms with Crippen LogP contribution in [0.4, 0.5) is 0 Å². The lowest BCUT2D eigenvalue weighted by Gasteiger charge is -2.35. The average Bonchev–Trinajstić information content (AvgIpc) is 2.89. The molecule has 1 aromatic heterocycles. The molecule has 1 aromatic carbocycles. The molecule has 1 N–H and O–H groups in total. The molecule has 1 amide bonds. The van der Waals surface area contributed by atoms with Gasteiger partial charge in [-0.2, -0.15) is 5.10 Å². The van der Waals surface area contributed by atoms with Crippen molar-refractivity contribution in [2.75, 3.05) is 19.6 Å². The lowest BCUT2D eigenvalue weighted by molar-refractivity contribution is 0.0923. The number of likely N-dealkylation sites (tertiary alicyclic amines) is 1. The molecule has 0 spiro atoms. The summed E-state index contributed by atoms with van der Waals surface area (Å²) < 4.78 is 1.77. The first-order valence-electron chi connectivity index (χ1n) is 9.15. The van der Waals surface area contributed by atoms with Crippen LogP contribution in [0.5, 0.6) is 0 Å². The van der Waals surface area contributed by atoms with Gasteiger partial charge in [-0.1, -0.05) is 36.8 Å². The fourth-order valence-corrected chi connectivity index (χ4v) is 3.74. The highest BCUT2D eigenvalue weighted by atomic mass is 16.1. The monoisotopic (exact) mass is 340 g/mol. The zero-order valence-electron chi connectivity index (χ0n) is 15.5. The molecular weight excluding hydrogens is 312 g/mol. The molecule has 0 bridgehead atoms. The van der Waals surface area contributed by atoms with Gasteiger partial charge in [0.15, 0.2) is 0 Å². The van der Waals surface area contributed by atoms with E-state index in [0.717, 1.165) is 24.5 Å². The molecule has 5 nitrogen and oxygen atoms in total. The lowest BCUT2D eigenvalue weighted by Crippen LogP contribution is -2.40. The Bertz CT molecular complexity index is 717. The summed E-state index contributed by atoms with van der Waals surface area (Å²) in [6, 6.07) is 10.7. The minimum Gasteiger partial charge on any atom is -0.350 e. The van der Waals surface area contributed by atoms with Gasteiger partial charge in [-0.05, 0) is 45.3 Å². The molecule has 0 unspecified atom stereocenters. The van der Waals surface area contributed by atoms with Crippen molar-refractivity contribution in [3.8, 4) is 0 Å². The van der Waals surface area contributed by atoms with Crippen molar-refractivity contribution in [2.45, 2.75) is 39.2 Å². The second-order valence-electron chi connectivity index (χ2n) is 6.90. The molecule has 1 aliphatic heterocycles. The quantitative estimate of drug-likeness (QED) is 0.910. The molecule has 1 fully saturated rings. The van der Waals surface area contributed by atoms with Crippen LogP contribution < -0.4 is 5.32 Å². The van der Waals surface area contributed by atoms with Gasteiger partial charge in [0, 0.05) is 19.3 Å². The fraction of sp³-hybridized carbons (Fsp3) is 0.500. The number of piperidine rings is 1. The molecule has 1 atom stereocenters. The smallest absolute Gasteiger partial charge is 0.255 e. The lowest BCUT2D eigenvalue weighted by atomic mass is 10.0. The fourth-order valence-electron chi connectivity index (χ4n) is 3.74. The summed E-state index contributed by atoms with van der Waals surface area (Å²) in [5.41, 5.74) is 3.66. The van der Waals surface area contributed by atoms with E-state index in [1.165, 1.54) is 24.8 Å². The number of nitrogens with zero attached hydrogens (tertiary/aromatic N) is 3. The molecular formula is C20H28N4O. The third-order valence-corrected chi connectivity index (χ3v) is 5.21. The van der Waals surface area contributed by atoms with E-state index in [-0.39, 0.29) is 11.9 Å². The Morgan fingerprint density at radius 2 is 1.84 bits per heavy atom. The van der Waals surface area contributed by atoms with Crippen LogP contribution in [0, 0.1) is 13.8 Å². The number of hydrogen-bond acceptors (Lipinski definition) is 3. The molecule has 2 heterocycles. The van der Waals surface area contributed by atoms with Gasteiger partial charge in [-0.3, -0.25) is 14.4 Å². The van der Waals surface area contributed by atoms with Gasteiger partial charge in [-0.25, -0.2) is 0 Å². The highest BCUT2D eigenvalue weighted by Crippen LogP contribution is 2.24. The van der Waals surface area contributed by atoms with Crippen molar-refractivity contribution < 1.29 is 4.79 Å². The van der Waals surface area contributed by atoms with Crippen LogP contribution >= 0.6 is 0 Å². The van der Waals surface area contributed by atoms with Gasteiger partial charge in [0.2, 0.25) is 0 Å². The van der Waals surface area contributed by atoms with E-state index in [1.54, 1.807) is 4.68 Å². The number of aromatic nitrogens is 2. The van der Waals surface area contributed by atoms with Crippen molar-refractivity contribution in [3.63, 3.8) is 0 Å². The Morgan fingerprint density at radius 3 is 2.44 bits per heavy atom. The van der Waals surface area contributed by atoms with Crippen molar-refractivity contribution in [1.29, 1.82) is 0 Å². The maximum absolute atomic E-state index is 12.7. The number of carbonyl (C=O) groups is 1. The SMILES string of the molecule is Cc1nn(C)c(C)c1C(=O)NC[C@@H](c1ccccc1)N1CCCCC1. The summed E-state index contributed by atoms with van der Waals surface area (Å²) in [6.07, 6.45) is 3.77. The van der Waals surface area contributed by atoms with Gasteiger partial charge in [0.25, 0.3) is 5.91 Å². The van der Waals surface area contributed by atoms with Gasteiger partial charge < -0.3 is 5.32 Å². The second-order valence-corrected chi connectivity index (χ2v) is 6.90. The topological polar surface area (TPSA) is 50.2 Å². The van der Waals surface area contributed by atoms with Crippen LogP contribution in [0.15, 0.2) is 30.3 Å². The van der Waals surface area contributed by atoms with E-state index in [1.807, 2.05) is 27.0 Å². The molecule has 1 saturated heterocycles. The van der Waals surface area contributed by atoms with Crippen LogP contribution in [0.2, 0.25) is 0 Å². The van der Waals surface area contributed by atoms with E-state index >= 15 is 0 Å². The molecule has 0 saturated carbocycles. The molecule has 5 heteroatoms. The summed E-state index contributed by atoms with van der Waals surface area (Å²) in [7, 11) is 1.87. The molecule has 3 rings (SSSR count). The zero-order valence-corrected chi connectivity index (χ0v) is 15.5. The minimum absolute atomic E-state index is 0.0268. The number of nitrogens with one attached hydrogen (secondary N) is 1. The number of rotatable bonds is 5. The summed E-state index contributed by atoms with van der Waals surface area (Å²) in [6.45, 7) is 6.65. The van der Waals surface area contributed by atoms with E-state index in [0.29, 0.717) is 12.1 Å². The minimum atomic E-state index is -0.0268. The Morgan fingerprint density at radius 1 is 1.16 bits per heavy atom. The van der Waals surface area contributed by atoms with E-state index in [4.69, 9.17) is 0 Å². The van der Waals surface area contributed by atoms with Crippen molar-refractivity contribution in [2.24, 2.45) is 7.05 Å². The molecule has 134 valence electrons. The number of amides is 1. The average molecular weight is 340 g/mol. The molecule has 1 aliphatic rings. The highest BCUT2D eigenvalue weighted by Gasteiger charge is 2.24.